The van der Waals surface area contributed by atoms with E-state index < -0.39 is 6.10 Å². The van der Waals surface area contributed by atoms with Gasteiger partial charge in [-0.2, -0.15) is 0 Å². The Kier molecular flexibility index (Phi) is 4.22. The van der Waals surface area contributed by atoms with Gasteiger partial charge in [0.25, 0.3) is 0 Å². The van der Waals surface area contributed by atoms with Crippen molar-refractivity contribution in [3.05, 3.63) is 24.2 Å². The van der Waals surface area contributed by atoms with Gasteiger partial charge in [-0.3, -0.25) is 0 Å². The maximum atomic E-state index is 11.0. The molecular weight excluding hydrogens is 372 g/mol. The Morgan fingerprint density at radius 2 is 1.97 bits per heavy atom. The van der Waals surface area contributed by atoms with E-state index in [1.165, 1.54) is 51.4 Å². The zero-order valence-corrected chi connectivity index (χ0v) is 19.3. The van der Waals surface area contributed by atoms with Crippen molar-refractivity contribution in [1.82, 2.24) is 0 Å². The smallest absolute Gasteiger partial charge is 0.132 e. The third kappa shape index (κ3) is 2.24. The highest BCUT2D eigenvalue weighted by Crippen LogP contribution is 2.82. The third-order valence-electron chi connectivity index (χ3n) is 11.9. The lowest BCUT2D eigenvalue weighted by molar-refractivity contribution is -0.162. The van der Waals surface area contributed by atoms with Crippen molar-refractivity contribution in [2.24, 2.45) is 51.8 Å². The van der Waals surface area contributed by atoms with Crippen LogP contribution in [0.5, 0.6) is 0 Å². The molecule has 1 heterocycles. The van der Waals surface area contributed by atoms with Crippen molar-refractivity contribution in [2.45, 2.75) is 84.3 Å². The van der Waals surface area contributed by atoms with E-state index in [1.807, 2.05) is 19.2 Å². The molecule has 1 aromatic rings. The Morgan fingerprint density at radius 3 is 2.67 bits per heavy atom. The number of furan rings is 1. The van der Waals surface area contributed by atoms with E-state index in [0.29, 0.717) is 28.3 Å². The van der Waals surface area contributed by atoms with Gasteiger partial charge in [0.05, 0.1) is 12.4 Å². The summed E-state index contributed by atoms with van der Waals surface area (Å²) in [7, 11) is 1.98. The molecule has 6 rings (SSSR count). The standard InChI is InChI=1S/C27H40O3/c1-16(24(28)22-6-5-13-30-22)19-7-8-20-18-14-23(29-4)27-15-17(27)9-12-26(27,3)21(18)10-11-25(19,20)2/h5-6,13,16-21,23-24,28H,7-12,14-15H2,1-4H3/t16-,17+,18-,19+,20-,21-,23+,24+,25+,26+,27-/m0/s1. The van der Waals surface area contributed by atoms with Gasteiger partial charge in [-0.15, -0.1) is 0 Å². The van der Waals surface area contributed by atoms with Crippen molar-refractivity contribution >= 4 is 0 Å². The van der Waals surface area contributed by atoms with Crippen LogP contribution in [-0.2, 0) is 4.74 Å². The number of methoxy groups -OCH3 is 1. The van der Waals surface area contributed by atoms with E-state index in [0.717, 1.165) is 29.4 Å². The van der Waals surface area contributed by atoms with Crippen LogP contribution in [0.2, 0.25) is 0 Å². The molecule has 3 heteroatoms. The van der Waals surface area contributed by atoms with Crippen LogP contribution in [0.1, 0.15) is 84.0 Å². The minimum Gasteiger partial charge on any atom is -0.467 e. The van der Waals surface area contributed by atoms with Gasteiger partial charge in [0.15, 0.2) is 0 Å². The number of rotatable bonds is 4. The molecule has 1 N–H and O–H groups in total. The molecule has 0 aliphatic heterocycles. The van der Waals surface area contributed by atoms with Crippen molar-refractivity contribution in [2.75, 3.05) is 7.11 Å². The average Bonchev–Trinajstić information content (AvgIpc) is 3.06. The van der Waals surface area contributed by atoms with E-state index >= 15 is 0 Å². The van der Waals surface area contributed by atoms with Gasteiger partial charge >= 0.3 is 0 Å². The first-order valence-electron chi connectivity index (χ1n) is 12.6. The van der Waals surface area contributed by atoms with Gasteiger partial charge < -0.3 is 14.3 Å². The van der Waals surface area contributed by atoms with Gasteiger partial charge in [-0.05, 0) is 110 Å². The molecule has 0 aromatic carbocycles. The van der Waals surface area contributed by atoms with E-state index in [4.69, 9.17) is 9.15 Å². The monoisotopic (exact) mass is 412 g/mol. The predicted molar refractivity (Wildman–Crippen MR) is 117 cm³/mol. The molecule has 5 aliphatic rings. The highest BCUT2D eigenvalue weighted by Gasteiger charge is 2.77. The maximum Gasteiger partial charge on any atom is 0.132 e. The fourth-order valence-corrected chi connectivity index (χ4v) is 10.4. The largest absolute Gasteiger partial charge is 0.467 e. The third-order valence-corrected chi connectivity index (χ3v) is 11.9. The molecule has 0 radical (unpaired) electrons. The summed E-state index contributed by atoms with van der Waals surface area (Å²) >= 11 is 0. The molecule has 11 atom stereocenters. The molecule has 5 aliphatic carbocycles. The van der Waals surface area contributed by atoms with Crippen LogP contribution < -0.4 is 0 Å². The second-order valence-corrected chi connectivity index (χ2v) is 12.3. The lowest BCUT2D eigenvalue weighted by Gasteiger charge is -2.61. The first kappa shape index (κ1) is 19.9. The minimum atomic E-state index is -0.487. The summed E-state index contributed by atoms with van der Waals surface area (Å²) in [5.41, 5.74) is 1.35. The molecule has 30 heavy (non-hydrogen) atoms. The van der Waals surface area contributed by atoms with E-state index in [1.54, 1.807) is 6.26 Å². The predicted octanol–water partition coefficient (Wildman–Crippen LogP) is 6.23. The number of hydrogen-bond donors (Lipinski definition) is 1. The zero-order valence-electron chi connectivity index (χ0n) is 19.3. The van der Waals surface area contributed by atoms with Crippen LogP contribution in [-0.4, -0.2) is 18.3 Å². The van der Waals surface area contributed by atoms with Crippen molar-refractivity contribution in [3.63, 3.8) is 0 Å². The summed E-state index contributed by atoms with van der Waals surface area (Å²) in [6.45, 7) is 7.49. The summed E-state index contributed by atoms with van der Waals surface area (Å²) < 4.78 is 11.8. The summed E-state index contributed by atoms with van der Waals surface area (Å²) in [6.07, 6.45) is 12.6. The maximum absolute atomic E-state index is 11.0. The van der Waals surface area contributed by atoms with Crippen molar-refractivity contribution < 1.29 is 14.3 Å². The molecule has 0 unspecified atom stereocenters. The topological polar surface area (TPSA) is 42.6 Å². The average molecular weight is 413 g/mol. The number of hydrogen-bond acceptors (Lipinski definition) is 3. The number of aliphatic hydroxyl groups is 1. The lowest BCUT2D eigenvalue weighted by Crippen LogP contribution is -2.57. The number of fused-ring (bicyclic) bond motifs is 4. The fourth-order valence-electron chi connectivity index (χ4n) is 10.4. The molecular formula is C27H40O3. The van der Waals surface area contributed by atoms with Crippen LogP contribution in [0.4, 0.5) is 0 Å². The molecule has 1 spiro atoms. The number of ether oxygens (including phenoxy) is 1. The summed E-state index contributed by atoms with van der Waals surface area (Å²) in [5, 5.41) is 11.0. The highest BCUT2D eigenvalue weighted by atomic mass is 16.5. The van der Waals surface area contributed by atoms with Gasteiger partial charge in [0.1, 0.15) is 11.9 Å². The molecule has 3 nitrogen and oxygen atoms in total. The first-order chi connectivity index (χ1) is 14.4. The molecule has 1 aromatic heterocycles. The Bertz CT molecular complexity index is 803. The van der Waals surface area contributed by atoms with Gasteiger partial charge in [0.2, 0.25) is 0 Å². The van der Waals surface area contributed by atoms with Crippen LogP contribution in [0.25, 0.3) is 0 Å². The summed E-state index contributed by atoms with van der Waals surface area (Å²) in [4.78, 5) is 0. The van der Waals surface area contributed by atoms with Crippen molar-refractivity contribution in [3.8, 4) is 0 Å². The molecule has 0 bridgehead atoms. The highest BCUT2D eigenvalue weighted by molar-refractivity contribution is 5.26. The Balaban J connectivity index is 1.29. The molecule has 0 amide bonds. The molecule has 5 saturated carbocycles. The van der Waals surface area contributed by atoms with Gasteiger partial charge in [-0.1, -0.05) is 20.8 Å². The summed E-state index contributed by atoms with van der Waals surface area (Å²) in [6, 6.07) is 3.83. The zero-order chi connectivity index (χ0) is 20.9. The second kappa shape index (κ2) is 6.38. The van der Waals surface area contributed by atoms with E-state index in [-0.39, 0.29) is 5.92 Å². The van der Waals surface area contributed by atoms with Gasteiger partial charge in [0, 0.05) is 12.5 Å². The minimum absolute atomic E-state index is 0.241. The SMILES string of the molecule is CO[C@@H]1C[C@H]2[C@@H]3CC[C@H]([C@H](C)[C@@H](O)c4ccco4)[C@@]3(C)CC[C@@H]2[C@@]2(C)CC[C@@H]3C[C@]312. The van der Waals surface area contributed by atoms with Crippen LogP contribution in [0.15, 0.2) is 22.8 Å². The summed E-state index contributed by atoms with van der Waals surface area (Å²) in [5.74, 6) is 4.98. The Hall–Kier alpha value is -0.800. The second-order valence-electron chi connectivity index (χ2n) is 12.3. The Morgan fingerprint density at radius 1 is 1.13 bits per heavy atom. The fraction of sp³-hybridized carbons (Fsp3) is 0.852. The van der Waals surface area contributed by atoms with Crippen LogP contribution in [0.3, 0.4) is 0 Å². The Labute approximate surface area is 181 Å². The molecule has 5 fully saturated rings. The van der Waals surface area contributed by atoms with E-state index in [9.17, 15) is 5.11 Å². The first-order valence-corrected chi connectivity index (χ1v) is 12.6. The van der Waals surface area contributed by atoms with Crippen LogP contribution >= 0.6 is 0 Å². The molecule has 0 saturated heterocycles. The number of aliphatic hydroxyl groups excluding tert-OH is 1. The van der Waals surface area contributed by atoms with Crippen molar-refractivity contribution in [1.29, 1.82) is 0 Å². The normalized spacial score (nSPS) is 53.4. The van der Waals surface area contributed by atoms with Crippen LogP contribution in [0, 0.1) is 51.8 Å². The quantitative estimate of drug-likeness (QED) is 0.637. The lowest BCUT2D eigenvalue weighted by atomic mass is 9.45. The van der Waals surface area contributed by atoms with E-state index in [2.05, 4.69) is 20.8 Å². The van der Waals surface area contributed by atoms with Gasteiger partial charge in [-0.25, -0.2) is 0 Å². The molecule has 166 valence electrons.